The van der Waals surface area contributed by atoms with Crippen molar-refractivity contribution in [3.8, 4) is 0 Å². The van der Waals surface area contributed by atoms with Crippen LogP contribution < -0.4 is 5.32 Å². The fourth-order valence-electron chi connectivity index (χ4n) is 3.67. The van der Waals surface area contributed by atoms with E-state index in [2.05, 4.69) is 15.2 Å². The first-order valence-corrected chi connectivity index (χ1v) is 11.3. The lowest BCUT2D eigenvalue weighted by molar-refractivity contribution is -0.148. The average molecular weight is 436 g/mol. The molecule has 1 N–H and O–H groups in total. The van der Waals surface area contributed by atoms with Gasteiger partial charge in [-0.25, -0.2) is 13.4 Å². The van der Waals surface area contributed by atoms with Crippen molar-refractivity contribution in [2.75, 3.05) is 64.7 Å². The molecule has 2 aliphatic rings. The number of likely N-dealkylation sites (N-methyl/N-ethyl adjacent to an activating group) is 1. The number of hydrogen-bond donors (Lipinski definition) is 1. The summed E-state index contributed by atoms with van der Waals surface area (Å²) in [4.78, 5) is 7.92. The third-order valence-electron chi connectivity index (χ3n) is 5.52. The van der Waals surface area contributed by atoms with Crippen LogP contribution in [0.2, 0.25) is 0 Å². The minimum Gasteiger partial charge on any atom is -0.370 e. The molecule has 0 atom stereocenters. The van der Waals surface area contributed by atoms with E-state index in [1.54, 1.807) is 12.1 Å². The van der Waals surface area contributed by atoms with Crippen molar-refractivity contribution in [3.05, 3.63) is 18.3 Å². The van der Waals surface area contributed by atoms with Crippen LogP contribution >= 0.6 is 0 Å². The highest BCUT2D eigenvalue weighted by molar-refractivity contribution is 7.89. The van der Waals surface area contributed by atoms with E-state index in [1.807, 2.05) is 7.05 Å². The van der Waals surface area contributed by atoms with Crippen molar-refractivity contribution in [1.82, 2.24) is 19.1 Å². The number of pyridine rings is 1. The SMILES string of the molecule is CN1CCN(S(=O)(=O)c2ccc(NCC3CCN(CC(F)(F)F)CC3)nc2)CC1. The first-order valence-electron chi connectivity index (χ1n) is 9.81. The molecule has 1 aromatic rings. The van der Waals surface area contributed by atoms with Crippen molar-refractivity contribution in [3.63, 3.8) is 0 Å². The fraction of sp³-hybridized carbons (Fsp3) is 0.722. The lowest BCUT2D eigenvalue weighted by Crippen LogP contribution is -2.47. The third kappa shape index (κ3) is 6.27. The minimum absolute atomic E-state index is 0.174. The standard InChI is InChI=1S/C18H28F3N5O2S/c1-24-8-10-26(11-9-24)29(27,28)16-2-3-17(23-13-16)22-12-15-4-6-25(7-5-15)14-18(19,20)21/h2-3,13,15H,4-12,14H2,1H3,(H,22,23). The zero-order chi connectivity index (χ0) is 21.1. The molecule has 11 heteroatoms. The summed E-state index contributed by atoms with van der Waals surface area (Å²) >= 11 is 0. The fourth-order valence-corrected chi connectivity index (χ4v) is 5.03. The van der Waals surface area contributed by atoms with E-state index in [1.165, 1.54) is 15.4 Å². The topological polar surface area (TPSA) is 68.8 Å². The molecule has 0 aliphatic carbocycles. The molecular formula is C18H28F3N5O2S. The molecule has 7 nitrogen and oxygen atoms in total. The van der Waals surface area contributed by atoms with E-state index in [4.69, 9.17) is 0 Å². The van der Waals surface area contributed by atoms with E-state index >= 15 is 0 Å². The predicted molar refractivity (Wildman–Crippen MR) is 104 cm³/mol. The van der Waals surface area contributed by atoms with Gasteiger partial charge in [0.25, 0.3) is 0 Å². The molecule has 0 saturated carbocycles. The number of hydrogen-bond acceptors (Lipinski definition) is 6. The van der Waals surface area contributed by atoms with Crippen LogP contribution in [0.3, 0.4) is 0 Å². The summed E-state index contributed by atoms with van der Waals surface area (Å²) in [6, 6.07) is 3.19. The van der Waals surface area contributed by atoms with Crippen LogP contribution in [0.1, 0.15) is 12.8 Å². The monoisotopic (exact) mass is 435 g/mol. The quantitative estimate of drug-likeness (QED) is 0.734. The Morgan fingerprint density at radius 3 is 2.31 bits per heavy atom. The molecule has 2 saturated heterocycles. The maximum Gasteiger partial charge on any atom is 0.401 e. The molecular weight excluding hydrogens is 407 g/mol. The van der Waals surface area contributed by atoms with Crippen LogP contribution in [-0.4, -0.2) is 93.1 Å². The van der Waals surface area contributed by atoms with E-state index in [0.717, 1.165) is 0 Å². The second-order valence-corrected chi connectivity index (χ2v) is 9.74. The number of aromatic nitrogens is 1. The number of piperazine rings is 1. The molecule has 3 rings (SSSR count). The van der Waals surface area contributed by atoms with E-state index < -0.39 is 22.7 Å². The Kier molecular flexibility index (Phi) is 7.02. The second kappa shape index (κ2) is 9.15. The number of nitrogens with one attached hydrogen (secondary N) is 1. The maximum atomic E-state index is 12.7. The second-order valence-electron chi connectivity index (χ2n) is 7.80. The van der Waals surface area contributed by atoms with Crippen molar-refractivity contribution < 1.29 is 21.6 Å². The van der Waals surface area contributed by atoms with Gasteiger partial charge in [-0.2, -0.15) is 17.5 Å². The van der Waals surface area contributed by atoms with Gasteiger partial charge in [-0.05, 0) is 51.0 Å². The number of halogens is 3. The summed E-state index contributed by atoms with van der Waals surface area (Å²) in [6.07, 6.45) is -1.40. The molecule has 2 aliphatic heterocycles. The lowest BCUT2D eigenvalue weighted by Gasteiger charge is -2.32. The molecule has 2 fully saturated rings. The summed E-state index contributed by atoms with van der Waals surface area (Å²) in [6.45, 7) is 2.96. The molecule has 29 heavy (non-hydrogen) atoms. The number of alkyl halides is 3. The third-order valence-corrected chi connectivity index (χ3v) is 7.40. The van der Waals surface area contributed by atoms with Crippen LogP contribution in [0, 0.1) is 5.92 Å². The van der Waals surface area contributed by atoms with Crippen LogP contribution in [-0.2, 0) is 10.0 Å². The molecule has 0 radical (unpaired) electrons. The number of likely N-dealkylation sites (tertiary alicyclic amines) is 1. The van der Waals surface area contributed by atoms with Crippen molar-refractivity contribution in [2.24, 2.45) is 5.92 Å². The summed E-state index contributed by atoms with van der Waals surface area (Å²) in [5.74, 6) is 0.843. The largest absolute Gasteiger partial charge is 0.401 e. The Hall–Kier alpha value is -1.43. The Morgan fingerprint density at radius 2 is 1.76 bits per heavy atom. The van der Waals surface area contributed by atoms with E-state index in [0.29, 0.717) is 64.5 Å². The number of sulfonamides is 1. The van der Waals surface area contributed by atoms with Gasteiger partial charge in [-0.3, -0.25) is 4.90 Å². The first kappa shape index (κ1) is 22.3. The van der Waals surface area contributed by atoms with Gasteiger partial charge < -0.3 is 10.2 Å². The molecule has 0 bridgehead atoms. The first-order chi connectivity index (χ1) is 13.6. The number of anilines is 1. The van der Waals surface area contributed by atoms with Crippen LogP contribution in [0.25, 0.3) is 0 Å². The van der Waals surface area contributed by atoms with Crippen LogP contribution in [0.15, 0.2) is 23.2 Å². The number of rotatable bonds is 6. The molecule has 0 aromatic carbocycles. The Morgan fingerprint density at radius 1 is 1.10 bits per heavy atom. The van der Waals surface area contributed by atoms with Gasteiger partial charge in [-0.1, -0.05) is 0 Å². The van der Waals surface area contributed by atoms with Gasteiger partial charge >= 0.3 is 6.18 Å². The Bertz CT molecular complexity index is 757. The Labute approximate surface area is 169 Å². The summed E-state index contributed by atoms with van der Waals surface area (Å²) < 4.78 is 64.2. The van der Waals surface area contributed by atoms with Crippen LogP contribution in [0.5, 0.6) is 0 Å². The van der Waals surface area contributed by atoms with Gasteiger partial charge in [0.2, 0.25) is 10.0 Å². The minimum atomic E-state index is -4.15. The number of nitrogens with zero attached hydrogens (tertiary/aromatic N) is 4. The predicted octanol–water partition coefficient (Wildman–Crippen LogP) is 1.70. The molecule has 0 unspecified atom stereocenters. The summed E-state index contributed by atoms with van der Waals surface area (Å²) in [5, 5.41) is 3.17. The molecule has 0 amide bonds. The van der Waals surface area contributed by atoms with Gasteiger partial charge in [0.15, 0.2) is 0 Å². The van der Waals surface area contributed by atoms with E-state index in [-0.39, 0.29) is 10.8 Å². The highest BCUT2D eigenvalue weighted by Crippen LogP contribution is 2.23. The van der Waals surface area contributed by atoms with Gasteiger partial charge in [0.05, 0.1) is 6.54 Å². The van der Waals surface area contributed by atoms with Gasteiger partial charge in [-0.15, -0.1) is 0 Å². The van der Waals surface area contributed by atoms with Gasteiger partial charge in [0, 0.05) is 38.9 Å². The zero-order valence-electron chi connectivity index (χ0n) is 16.5. The smallest absolute Gasteiger partial charge is 0.370 e. The summed E-state index contributed by atoms with van der Waals surface area (Å²) in [5.41, 5.74) is 0. The highest BCUT2D eigenvalue weighted by atomic mass is 32.2. The van der Waals surface area contributed by atoms with Crippen LogP contribution in [0.4, 0.5) is 19.0 Å². The van der Waals surface area contributed by atoms with Crippen molar-refractivity contribution in [1.29, 1.82) is 0 Å². The zero-order valence-corrected chi connectivity index (χ0v) is 17.3. The molecule has 3 heterocycles. The van der Waals surface area contributed by atoms with Crippen molar-refractivity contribution in [2.45, 2.75) is 23.9 Å². The maximum absolute atomic E-state index is 12.7. The highest BCUT2D eigenvalue weighted by Gasteiger charge is 2.32. The van der Waals surface area contributed by atoms with E-state index in [9.17, 15) is 21.6 Å². The van der Waals surface area contributed by atoms with Gasteiger partial charge in [0.1, 0.15) is 10.7 Å². The number of piperidine rings is 1. The Balaban J connectivity index is 1.47. The normalized spacial score (nSPS) is 21.4. The molecule has 164 valence electrons. The lowest BCUT2D eigenvalue weighted by atomic mass is 9.97. The summed E-state index contributed by atoms with van der Waals surface area (Å²) in [7, 11) is -1.58. The molecule has 0 spiro atoms. The molecule has 1 aromatic heterocycles. The average Bonchev–Trinajstić information content (AvgIpc) is 2.67. The van der Waals surface area contributed by atoms with Crippen molar-refractivity contribution >= 4 is 15.8 Å².